The Morgan fingerprint density at radius 1 is 1.33 bits per heavy atom. The molecular formula is C13H15Cl2NO2. The van der Waals surface area contributed by atoms with Gasteiger partial charge in [-0.3, -0.25) is 9.69 Å². The molecule has 0 bridgehead atoms. The third kappa shape index (κ3) is 3.16. The Morgan fingerprint density at radius 2 is 2.11 bits per heavy atom. The highest BCUT2D eigenvalue weighted by molar-refractivity contribution is 6.42. The summed E-state index contributed by atoms with van der Waals surface area (Å²) in [4.78, 5) is 13.2. The van der Waals surface area contributed by atoms with Crippen molar-refractivity contribution in [3.63, 3.8) is 0 Å². The molecule has 1 unspecified atom stereocenters. The highest BCUT2D eigenvalue weighted by Gasteiger charge is 2.28. The second-order valence-electron chi connectivity index (χ2n) is 4.57. The minimum atomic E-state index is -0.741. The molecule has 1 aliphatic heterocycles. The predicted octanol–water partition coefficient (Wildman–Crippen LogP) is 3.43. The summed E-state index contributed by atoms with van der Waals surface area (Å²) in [6.45, 7) is 1.42. The standard InChI is InChI=1S/C13H15Cl2NO2/c14-10-5-4-9(7-11(10)15)8-16-6-2-1-3-12(16)13(17)18/h4-5,7,12H,1-3,6,8H2,(H,17,18). The first-order valence-electron chi connectivity index (χ1n) is 5.98. The number of hydrogen-bond donors (Lipinski definition) is 1. The maximum absolute atomic E-state index is 11.2. The van der Waals surface area contributed by atoms with Gasteiger partial charge in [0.15, 0.2) is 0 Å². The molecule has 1 aromatic rings. The maximum atomic E-state index is 11.2. The number of benzene rings is 1. The van der Waals surface area contributed by atoms with Crippen LogP contribution in [0.15, 0.2) is 18.2 Å². The number of piperidine rings is 1. The molecular weight excluding hydrogens is 273 g/mol. The van der Waals surface area contributed by atoms with E-state index >= 15 is 0 Å². The van der Waals surface area contributed by atoms with Gasteiger partial charge in [0, 0.05) is 6.54 Å². The summed E-state index contributed by atoms with van der Waals surface area (Å²) in [6, 6.07) is 5.06. The summed E-state index contributed by atoms with van der Waals surface area (Å²) in [5.41, 5.74) is 0.998. The lowest BCUT2D eigenvalue weighted by Gasteiger charge is -2.32. The Balaban J connectivity index is 2.10. The van der Waals surface area contributed by atoms with E-state index in [0.717, 1.165) is 31.4 Å². The van der Waals surface area contributed by atoms with Gasteiger partial charge in [0.1, 0.15) is 6.04 Å². The highest BCUT2D eigenvalue weighted by atomic mass is 35.5. The smallest absolute Gasteiger partial charge is 0.320 e. The lowest BCUT2D eigenvalue weighted by molar-refractivity contribution is -0.144. The van der Waals surface area contributed by atoms with Crippen LogP contribution in [0.5, 0.6) is 0 Å². The first kappa shape index (κ1) is 13.7. The average molecular weight is 288 g/mol. The van der Waals surface area contributed by atoms with Crippen LogP contribution in [0.3, 0.4) is 0 Å². The summed E-state index contributed by atoms with van der Waals surface area (Å²) in [5.74, 6) is -0.741. The molecule has 0 amide bonds. The lowest BCUT2D eigenvalue weighted by atomic mass is 10.0. The first-order chi connectivity index (χ1) is 8.58. The fourth-order valence-corrected chi connectivity index (χ4v) is 2.65. The van der Waals surface area contributed by atoms with Crippen LogP contribution in [0.2, 0.25) is 10.0 Å². The van der Waals surface area contributed by atoms with Gasteiger partial charge < -0.3 is 5.11 Å². The molecule has 3 nitrogen and oxygen atoms in total. The minimum Gasteiger partial charge on any atom is -0.480 e. The van der Waals surface area contributed by atoms with E-state index < -0.39 is 5.97 Å². The van der Waals surface area contributed by atoms with Gasteiger partial charge in [0.2, 0.25) is 0 Å². The van der Waals surface area contributed by atoms with E-state index in [2.05, 4.69) is 0 Å². The van der Waals surface area contributed by atoms with Crippen molar-refractivity contribution in [2.75, 3.05) is 6.54 Å². The number of rotatable bonds is 3. The predicted molar refractivity (Wildman–Crippen MR) is 72.1 cm³/mol. The third-order valence-electron chi connectivity index (χ3n) is 3.27. The van der Waals surface area contributed by atoms with Crippen LogP contribution < -0.4 is 0 Å². The van der Waals surface area contributed by atoms with E-state index in [-0.39, 0.29) is 6.04 Å². The molecule has 5 heteroatoms. The van der Waals surface area contributed by atoms with Crippen molar-refractivity contribution < 1.29 is 9.90 Å². The topological polar surface area (TPSA) is 40.5 Å². The van der Waals surface area contributed by atoms with Crippen molar-refractivity contribution in [2.24, 2.45) is 0 Å². The van der Waals surface area contributed by atoms with Crippen LogP contribution in [-0.2, 0) is 11.3 Å². The molecule has 0 aromatic heterocycles. The summed E-state index contributed by atoms with van der Waals surface area (Å²) >= 11 is 11.8. The number of aliphatic carboxylic acids is 1. The van der Waals surface area contributed by atoms with Crippen LogP contribution in [0.25, 0.3) is 0 Å². The zero-order chi connectivity index (χ0) is 13.1. The zero-order valence-corrected chi connectivity index (χ0v) is 11.4. The molecule has 0 aliphatic carbocycles. The fraction of sp³-hybridized carbons (Fsp3) is 0.462. The second kappa shape index (κ2) is 5.91. The molecule has 1 fully saturated rings. The van der Waals surface area contributed by atoms with Gasteiger partial charge in [-0.1, -0.05) is 35.7 Å². The van der Waals surface area contributed by atoms with Gasteiger partial charge in [-0.2, -0.15) is 0 Å². The number of carbonyl (C=O) groups is 1. The summed E-state index contributed by atoms with van der Waals surface area (Å²) in [7, 11) is 0. The molecule has 0 spiro atoms. The van der Waals surface area contributed by atoms with Gasteiger partial charge in [-0.15, -0.1) is 0 Å². The molecule has 18 heavy (non-hydrogen) atoms. The molecule has 1 aromatic carbocycles. The highest BCUT2D eigenvalue weighted by Crippen LogP contribution is 2.25. The fourth-order valence-electron chi connectivity index (χ4n) is 2.33. The second-order valence-corrected chi connectivity index (χ2v) is 5.38. The molecule has 98 valence electrons. The number of likely N-dealkylation sites (tertiary alicyclic amines) is 1. The van der Waals surface area contributed by atoms with E-state index in [1.54, 1.807) is 12.1 Å². The van der Waals surface area contributed by atoms with Gasteiger partial charge in [0.25, 0.3) is 0 Å². The molecule has 1 aliphatic rings. The summed E-state index contributed by atoms with van der Waals surface area (Å²) in [6.07, 6.45) is 2.75. The number of carboxylic acids is 1. The Hall–Kier alpha value is -0.770. The maximum Gasteiger partial charge on any atom is 0.320 e. The Bertz CT molecular complexity index is 451. The normalized spacial score (nSPS) is 20.9. The number of halogens is 2. The molecule has 1 heterocycles. The monoisotopic (exact) mass is 287 g/mol. The van der Waals surface area contributed by atoms with Gasteiger partial charge >= 0.3 is 5.97 Å². The van der Waals surface area contributed by atoms with Crippen LogP contribution >= 0.6 is 23.2 Å². The molecule has 1 N–H and O–H groups in total. The lowest BCUT2D eigenvalue weighted by Crippen LogP contribution is -2.43. The zero-order valence-electron chi connectivity index (χ0n) is 9.90. The number of carboxylic acid groups (broad SMARTS) is 1. The van der Waals surface area contributed by atoms with Crippen molar-refractivity contribution in [3.8, 4) is 0 Å². The molecule has 1 saturated heterocycles. The first-order valence-corrected chi connectivity index (χ1v) is 6.74. The van der Waals surface area contributed by atoms with E-state index in [1.807, 2.05) is 11.0 Å². The number of hydrogen-bond acceptors (Lipinski definition) is 2. The van der Waals surface area contributed by atoms with E-state index in [4.69, 9.17) is 23.2 Å². The van der Waals surface area contributed by atoms with Crippen molar-refractivity contribution in [1.29, 1.82) is 0 Å². The van der Waals surface area contributed by atoms with Crippen molar-refractivity contribution in [3.05, 3.63) is 33.8 Å². The van der Waals surface area contributed by atoms with Gasteiger partial charge in [-0.05, 0) is 37.1 Å². The summed E-state index contributed by atoms with van der Waals surface area (Å²) in [5, 5.41) is 10.2. The molecule has 1 atom stereocenters. The van der Waals surface area contributed by atoms with E-state index in [9.17, 15) is 9.90 Å². The van der Waals surface area contributed by atoms with Gasteiger partial charge in [-0.25, -0.2) is 0 Å². The van der Waals surface area contributed by atoms with Crippen LogP contribution in [0.1, 0.15) is 24.8 Å². The Morgan fingerprint density at radius 3 is 2.78 bits per heavy atom. The molecule has 0 saturated carbocycles. The van der Waals surface area contributed by atoms with E-state index in [1.165, 1.54) is 0 Å². The van der Waals surface area contributed by atoms with Crippen molar-refractivity contribution >= 4 is 29.2 Å². The molecule has 0 radical (unpaired) electrons. The number of nitrogens with zero attached hydrogens (tertiary/aromatic N) is 1. The molecule has 2 rings (SSSR count). The Kier molecular flexibility index (Phi) is 4.49. The van der Waals surface area contributed by atoms with Crippen LogP contribution in [-0.4, -0.2) is 28.6 Å². The van der Waals surface area contributed by atoms with E-state index in [0.29, 0.717) is 16.6 Å². The SMILES string of the molecule is O=C(O)C1CCCCN1Cc1ccc(Cl)c(Cl)c1. The largest absolute Gasteiger partial charge is 0.480 e. The summed E-state index contributed by atoms with van der Waals surface area (Å²) < 4.78 is 0. The Labute approximate surface area is 116 Å². The minimum absolute atomic E-state index is 0.381. The third-order valence-corrected chi connectivity index (χ3v) is 4.01. The van der Waals surface area contributed by atoms with Crippen molar-refractivity contribution in [1.82, 2.24) is 4.90 Å². The van der Waals surface area contributed by atoms with Crippen LogP contribution in [0.4, 0.5) is 0 Å². The van der Waals surface area contributed by atoms with Crippen LogP contribution in [0, 0.1) is 0 Å². The van der Waals surface area contributed by atoms with Crippen molar-refractivity contribution in [2.45, 2.75) is 31.8 Å². The van der Waals surface area contributed by atoms with Gasteiger partial charge in [0.05, 0.1) is 10.0 Å². The average Bonchev–Trinajstić information content (AvgIpc) is 2.34. The quantitative estimate of drug-likeness (QED) is 0.926.